The van der Waals surface area contributed by atoms with Gasteiger partial charge in [0, 0.05) is 38.9 Å². The third kappa shape index (κ3) is 4.56. The quantitative estimate of drug-likeness (QED) is 0.836. The second-order valence-corrected chi connectivity index (χ2v) is 5.96. The van der Waals surface area contributed by atoms with Gasteiger partial charge >= 0.3 is 0 Å². The Balaban J connectivity index is 2.04. The van der Waals surface area contributed by atoms with Gasteiger partial charge in [0.25, 0.3) is 0 Å². The van der Waals surface area contributed by atoms with Crippen LogP contribution in [0, 0.1) is 5.92 Å². The number of carbonyl (C=O) groups is 1. The molecule has 1 atom stereocenters. The lowest BCUT2D eigenvalue weighted by atomic mass is 9.96. The molecule has 0 aromatic carbocycles. The number of hydrogen-bond donors (Lipinski definition) is 1. The smallest absolute Gasteiger partial charge is 0.227 e. The van der Waals surface area contributed by atoms with Crippen molar-refractivity contribution in [1.82, 2.24) is 14.9 Å². The second-order valence-electron chi connectivity index (χ2n) is 5.96. The van der Waals surface area contributed by atoms with Gasteiger partial charge in [-0.1, -0.05) is 6.92 Å². The number of nitrogens with zero attached hydrogens (tertiary/aromatic N) is 4. The van der Waals surface area contributed by atoms with Crippen molar-refractivity contribution in [2.75, 3.05) is 42.9 Å². The highest BCUT2D eigenvalue weighted by atomic mass is 16.2. The summed E-state index contributed by atoms with van der Waals surface area (Å²) >= 11 is 0. The van der Waals surface area contributed by atoms with Gasteiger partial charge in [-0.25, -0.2) is 4.98 Å². The van der Waals surface area contributed by atoms with Gasteiger partial charge in [0.15, 0.2) is 0 Å². The highest BCUT2D eigenvalue weighted by Gasteiger charge is 2.29. The molecule has 6 nitrogen and oxygen atoms in total. The van der Waals surface area contributed by atoms with Crippen LogP contribution < -0.4 is 10.2 Å². The van der Waals surface area contributed by atoms with Gasteiger partial charge in [-0.2, -0.15) is 4.98 Å². The Hall–Kier alpha value is -1.85. The summed E-state index contributed by atoms with van der Waals surface area (Å²) in [6.07, 6.45) is 4.81. The first-order valence-corrected chi connectivity index (χ1v) is 8.80. The number of anilines is 2. The minimum atomic E-state index is 0.0551. The van der Waals surface area contributed by atoms with Gasteiger partial charge in [-0.15, -0.1) is 0 Å². The molecule has 0 saturated carbocycles. The van der Waals surface area contributed by atoms with Crippen molar-refractivity contribution < 1.29 is 4.79 Å². The molecule has 0 radical (unpaired) electrons. The first kappa shape index (κ1) is 17.5. The average Bonchev–Trinajstić information content (AvgIpc) is 2.61. The van der Waals surface area contributed by atoms with E-state index < -0.39 is 0 Å². The molecule has 2 rings (SSSR count). The molecule has 0 aliphatic carbocycles. The van der Waals surface area contributed by atoms with Gasteiger partial charge in [0.2, 0.25) is 11.9 Å². The van der Waals surface area contributed by atoms with Crippen LogP contribution in [0.15, 0.2) is 12.3 Å². The zero-order valence-electron chi connectivity index (χ0n) is 14.6. The van der Waals surface area contributed by atoms with Crippen LogP contribution in [0.25, 0.3) is 0 Å². The molecule has 6 heteroatoms. The monoisotopic (exact) mass is 319 g/mol. The molecule has 2 heterocycles. The van der Waals surface area contributed by atoms with E-state index in [4.69, 9.17) is 0 Å². The van der Waals surface area contributed by atoms with E-state index in [1.54, 1.807) is 6.20 Å². The minimum absolute atomic E-state index is 0.0551. The molecule has 1 N–H and O–H groups in total. The number of hydrogen-bond acceptors (Lipinski definition) is 5. The molecular formula is C17H29N5O. The van der Waals surface area contributed by atoms with E-state index in [0.29, 0.717) is 6.54 Å². The third-order valence-corrected chi connectivity index (χ3v) is 4.33. The first-order valence-electron chi connectivity index (χ1n) is 8.80. The Labute approximate surface area is 139 Å². The maximum atomic E-state index is 12.6. The Morgan fingerprint density at radius 2 is 2.17 bits per heavy atom. The molecule has 1 saturated heterocycles. The summed E-state index contributed by atoms with van der Waals surface area (Å²) in [7, 11) is 0. The van der Waals surface area contributed by atoms with Crippen molar-refractivity contribution in [2.45, 2.75) is 40.0 Å². The molecule has 1 aromatic rings. The molecule has 1 aromatic heterocycles. The van der Waals surface area contributed by atoms with Crippen LogP contribution in [0.3, 0.4) is 0 Å². The van der Waals surface area contributed by atoms with Crippen molar-refractivity contribution in [1.29, 1.82) is 0 Å². The van der Waals surface area contributed by atoms with Gasteiger partial charge in [0.05, 0.1) is 5.92 Å². The van der Waals surface area contributed by atoms with Crippen molar-refractivity contribution in [3.8, 4) is 0 Å². The number of amides is 1. The lowest BCUT2D eigenvalue weighted by Gasteiger charge is -2.34. The van der Waals surface area contributed by atoms with Crippen LogP contribution in [0.2, 0.25) is 0 Å². The summed E-state index contributed by atoms with van der Waals surface area (Å²) in [5, 5.41) is 3.29. The minimum Gasteiger partial charge on any atom is -0.370 e. The van der Waals surface area contributed by atoms with E-state index >= 15 is 0 Å². The molecule has 0 bridgehead atoms. The Morgan fingerprint density at radius 3 is 2.87 bits per heavy atom. The van der Waals surface area contributed by atoms with Crippen molar-refractivity contribution >= 4 is 17.7 Å². The van der Waals surface area contributed by atoms with E-state index in [0.717, 1.165) is 57.2 Å². The van der Waals surface area contributed by atoms with E-state index in [1.165, 1.54) is 0 Å². The highest BCUT2D eigenvalue weighted by molar-refractivity contribution is 5.79. The molecule has 1 aliphatic rings. The van der Waals surface area contributed by atoms with Gasteiger partial charge in [0.1, 0.15) is 5.82 Å². The summed E-state index contributed by atoms with van der Waals surface area (Å²) in [6, 6.07) is 1.89. The SMILES string of the molecule is CCCNc1ccnc(N2CCCC(C(=O)N(CC)CC)C2)n1. The number of carbonyl (C=O) groups excluding carboxylic acids is 1. The van der Waals surface area contributed by atoms with E-state index in [-0.39, 0.29) is 11.8 Å². The number of aromatic nitrogens is 2. The van der Waals surface area contributed by atoms with Gasteiger partial charge in [-0.3, -0.25) is 4.79 Å². The fourth-order valence-electron chi connectivity index (χ4n) is 3.01. The van der Waals surface area contributed by atoms with E-state index in [1.807, 2.05) is 24.8 Å². The van der Waals surface area contributed by atoms with Crippen molar-refractivity contribution in [3.63, 3.8) is 0 Å². The lowest BCUT2D eigenvalue weighted by molar-refractivity contribution is -0.135. The predicted octanol–water partition coefficient (Wildman–Crippen LogP) is 2.38. The standard InChI is InChI=1S/C17H29N5O/c1-4-10-18-15-9-11-19-17(20-15)22-12-7-8-14(13-22)16(23)21(5-2)6-3/h9,11,14H,4-8,10,12-13H2,1-3H3,(H,18,19,20). The summed E-state index contributed by atoms with van der Waals surface area (Å²) in [5.74, 6) is 1.90. The summed E-state index contributed by atoms with van der Waals surface area (Å²) in [5.41, 5.74) is 0. The maximum Gasteiger partial charge on any atom is 0.227 e. The van der Waals surface area contributed by atoms with Crippen molar-refractivity contribution in [3.05, 3.63) is 12.3 Å². The lowest BCUT2D eigenvalue weighted by Crippen LogP contribution is -2.45. The van der Waals surface area contributed by atoms with Crippen LogP contribution in [-0.4, -0.2) is 53.5 Å². The van der Waals surface area contributed by atoms with Gasteiger partial charge < -0.3 is 15.1 Å². The topological polar surface area (TPSA) is 61.4 Å². The van der Waals surface area contributed by atoms with Crippen molar-refractivity contribution in [2.24, 2.45) is 5.92 Å². The largest absolute Gasteiger partial charge is 0.370 e. The normalized spacial score (nSPS) is 17.9. The molecule has 128 valence electrons. The number of piperidine rings is 1. The van der Waals surface area contributed by atoms with E-state index in [2.05, 4.69) is 27.1 Å². The second kappa shape index (κ2) is 8.70. The summed E-state index contributed by atoms with van der Waals surface area (Å²) < 4.78 is 0. The summed E-state index contributed by atoms with van der Waals surface area (Å²) in [6.45, 7) is 10.3. The zero-order valence-corrected chi connectivity index (χ0v) is 14.6. The Kier molecular flexibility index (Phi) is 6.62. The Bertz CT molecular complexity index is 504. The molecule has 1 amide bonds. The third-order valence-electron chi connectivity index (χ3n) is 4.33. The molecule has 1 unspecified atom stereocenters. The van der Waals surface area contributed by atoms with Crippen LogP contribution in [0.5, 0.6) is 0 Å². The molecule has 1 fully saturated rings. The van der Waals surface area contributed by atoms with E-state index in [9.17, 15) is 4.79 Å². The molecule has 23 heavy (non-hydrogen) atoms. The molecular weight excluding hydrogens is 290 g/mol. The molecule has 1 aliphatic heterocycles. The van der Waals surface area contributed by atoms with Crippen LogP contribution in [0.4, 0.5) is 11.8 Å². The van der Waals surface area contributed by atoms with Crippen LogP contribution >= 0.6 is 0 Å². The first-order chi connectivity index (χ1) is 11.2. The number of rotatable bonds is 7. The highest BCUT2D eigenvalue weighted by Crippen LogP contribution is 2.22. The molecule has 0 spiro atoms. The zero-order chi connectivity index (χ0) is 16.7. The van der Waals surface area contributed by atoms with Crippen LogP contribution in [-0.2, 0) is 4.79 Å². The fourth-order valence-corrected chi connectivity index (χ4v) is 3.01. The maximum absolute atomic E-state index is 12.6. The summed E-state index contributed by atoms with van der Waals surface area (Å²) in [4.78, 5) is 25.7. The average molecular weight is 319 g/mol. The fraction of sp³-hybridized carbons (Fsp3) is 0.706. The van der Waals surface area contributed by atoms with Gasteiger partial charge in [-0.05, 0) is 39.2 Å². The van der Waals surface area contributed by atoms with Crippen LogP contribution in [0.1, 0.15) is 40.0 Å². The number of nitrogens with one attached hydrogen (secondary N) is 1. The Morgan fingerprint density at radius 1 is 1.39 bits per heavy atom. The predicted molar refractivity (Wildman–Crippen MR) is 93.7 cm³/mol.